The Morgan fingerprint density at radius 2 is 1.48 bits per heavy atom. The number of anilines is 2. The fourth-order valence-electron chi connectivity index (χ4n) is 3.58. The molecule has 0 saturated heterocycles. The van der Waals surface area contributed by atoms with Gasteiger partial charge in [-0.3, -0.25) is 4.90 Å². The van der Waals surface area contributed by atoms with E-state index < -0.39 is 16.1 Å². The Morgan fingerprint density at radius 1 is 0.862 bits per heavy atom. The zero-order valence-electron chi connectivity index (χ0n) is 16.0. The Hall–Kier alpha value is -3.19. The number of carbonyl (C=O) groups excluding carboxylic acids is 1. The highest BCUT2D eigenvalue weighted by atomic mass is 32.2. The van der Waals surface area contributed by atoms with Crippen LogP contribution in [0.5, 0.6) is 0 Å². The first-order chi connectivity index (χ1) is 13.8. The summed E-state index contributed by atoms with van der Waals surface area (Å²) in [5.74, 6) is -0.376. The maximum absolute atomic E-state index is 13.5. The molecular formula is C22H19FN2O3S. The molecule has 3 aromatic carbocycles. The third-order valence-electron chi connectivity index (χ3n) is 4.98. The topological polar surface area (TPSA) is 57.7 Å². The maximum Gasteiger partial charge on any atom is 0.343 e. The summed E-state index contributed by atoms with van der Waals surface area (Å²) in [6, 6.07) is 16.9. The van der Waals surface area contributed by atoms with Crippen LogP contribution in [-0.2, 0) is 16.6 Å². The smallest absolute Gasteiger partial charge is 0.287 e. The van der Waals surface area contributed by atoms with Gasteiger partial charge in [-0.05, 0) is 54.8 Å². The van der Waals surface area contributed by atoms with Gasteiger partial charge in [-0.25, -0.2) is 17.6 Å². The molecule has 0 aromatic heterocycles. The number of aryl methyl sites for hydroxylation is 2. The average Bonchev–Trinajstić information content (AvgIpc) is 2.69. The molecule has 148 valence electrons. The number of urea groups is 1. The molecule has 0 fully saturated rings. The van der Waals surface area contributed by atoms with E-state index in [9.17, 15) is 17.6 Å². The standard InChI is InChI=1S/C22H19FN2O3S/c1-15-6-5-7-16(2)21(15)25-22(26)24(14-17-10-12-18(23)13-11-17)19-8-3-4-9-20(19)29(25,27)28/h3-13H,14H2,1-2H3. The van der Waals surface area contributed by atoms with Crippen LogP contribution >= 0.6 is 0 Å². The lowest BCUT2D eigenvalue weighted by Gasteiger charge is -2.37. The normalized spacial score (nSPS) is 15.3. The number of rotatable bonds is 3. The summed E-state index contributed by atoms with van der Waals surface area (Å²) in [6.07, 6.45) is 0. The summed E-state index contributed by atoms with van der Waals surface area (Å²) in [7, 11) is -4.08. The number of amides is 2. The fourth-order valence-corrected chi connectivity index (χ4v) is 5.30. The number of carbonyl (C=O) groups is 1. The van der Waals surface area contributed by atoms with Gasteiger partial charge in [-0.1, -0.05) is 42.5 Å². The van der Waals surface area contributed by atoms with Crippen LogP contribution in [0.2, 0.25) is 0 Å². The Labute approximate surface area is 169 Å². The molecule has 0 spiro atoms. The van der Waals surface area contributed by atoms with Crippen LogP contribution in [0.4, 0.5) is 20.6 Å². The van der Waals surface area contributed by atoms with Gasteiger partial charge < -0.3 is 0 Å². The Morgan fingerprint density at radius 3 is 2.14 bits per heavy atom. The molecule has 7 heteroatoms. The predicted octanol–water partition coefficient (Wildman–Crippen LogP) is 4.78. The second kappa shape index (κ2) is 7.00. The van der Waals surface area contributed by atoms with E-state index in [1.54, 1.807) is 56.3 Å². The number of halogens is 1. The SMILES string of the molecule is Cc1cccc(C)c1N1C(=O)N(Cc2ccc(F)cc2)c2ccccc2S1(=O)=O. The Kier molecular flexibility index (Phi) is 4.62. The van der Waals surface area contributed by atoms with E-state index >= 15 is 0 Å². The van der Waals surface area contributed by atoms with Crippen LogP contribution in [0.25, 0.3) is 0 Å². The maximum atomic E-state index is 13.5. The molecule has 29 heavy (non-hydrogen) atoms. The van der Waals surface area contributed by atoms with Crippen LogP contribution in [0.1, 0.15) is 16.7 Å². The number of hydrogen-bond acceptors (Lipinski definition) is 3. The monoisotopic (exact) mass is 410 g/mol. The summed E-state index contributed by atoms with van der Waals surface area (Å²) >= 11 is 0. The summed E-state index contributed by atoms with van der Waals surface area (Å²) in [5, 5.41) is 0. The lowest BCUT2D eigenvalue weighted by molar-refractivity contribution is 0.253. The summed E-state index contributed by atoms with van der Waals surface area (Å²) in [6.45, 7) is 3.67. The van der Waals surface area contributed by atoms with Gasteiger partial charge in [0.1, 0.15) is 10.7 Å². The number of para-hydroxylation sites is 2. The fraction of sp³-hybridized carbons (Fsp3) is 0.136. The summed E-state index contributed by atoms with van der Waals surface area (Å²) in [4.78, 5) is 15.0. The molecule has 1 heterocycles. The van der Waals surface area contributed by atoms with Gasteiger partial charge in [-0.15, -0.1) is 0 Å². The van der Waals surface area contributed by atoms with E-state index in [1.807, 2.05) is 6.07 Å². The van der Waals surface area contributed by atoms with Crippen molar-refractivity contribution < 1.29 is 17.6 Å². The van der Waals surface area contributed by atoms with Crippen LogP contribution in [0.3, 0.4) is 0 Å². The third-order valence-corrected chi connectivity index (χ3v) is 6.70. The first kappa shape index (κ1) is 19.1. The molecule has 0 aliphatic carbocycles. The molecular weight excluding hydrogens is 391 g/mol. The predicted molar refractivity (Wildman–Crippen MR) is 110 cm³/mol. The van der Waals surface area contributed by atoms with Crippen LogP contribution in [0, 0.1) is 19.7 Å². The lowest BCUT2D eigenvalue weighted by Crippen LogP contribution is -2.51. The lowest BCUT2D eigenvalue weighted by atomic mass is 10.1. The highest BCUT2D eigenvalue weighted by Gasteiger charge is 2.43. The Balaban J connectivity index is 1.91. The molecule has 0 atom stereocenters. The molecule has 4 rings (SSSR count). The van der Waals surface area contributed by atoms with Gasteiger partial charge in [0.15, 0.2) is 0 Å². The zero-order chi connectivity index (χ0) is 20.8. The van der Waals surface area contributed by atoms with E-state index in [0.717, 1.165) is 4.31 Å². The van der Waals surface area contributed by atoms with Crippen molar-refractivity contribution >= 4 is 27.4 Å². The minimum atomic E-state index is -4.08. The minimum Gasteiger partial charge on any atom is -0.287 e. The molecule has 0 N–H and O–H groups in total. The van der Waals surface area contributed by atoms with Crippen molar-refractivity contribution in [2.75, 3.05) is 9.21 Å². The second-order valence-electron chi connectivity index (χ2n) is 6.97. The first-order valence-electron chi connectivity index (χ1n) is 9.07. The third kappa shape index (κ3) is 3.17. The van der Waals surface area contributed by atoms with Crippen molar-refractivity contribution in [1.82, 2.24) is 0 Å². The molecule has 3 aromatic rings. The van der Waals surface area contributed by atoms with E-state index in [1.165, 1.54) is 23.1 Å². The van der Waals surface area contributed by atoms with Gasteiger partial charge in [-0.2, -0.15) is 4.31 Å². The van der Waals surface area contributed by atoms with Crippen molar-refractivity contribution in [2.45, 2.75) is 25.3 Å². The first-order valence-corrected chi connectivity index (χ1v) is 10.5. The quantitative estimate of drug-likeness (QED) is 0.625. The largest absolute Gasteiger partial charge is 0.343 e. The van der Waals surface area contributed by atoms with Gasteiger partial charge in [0.05, 0.1) is 17.9 Å². The molecule has 0 saturated carbocycles. The van der Waals surface area contributed by atoms with E-state index in [2.05, 4.69) is 0 Å². The van der Waals surface area contributed by atoms with Crippen LogP contribution in [0.15, 0.2) is 71.6 Å². The highest BCUT2D eigenvalue weighted by Crippen LogP contribution is 2.40. The van der Waals surface area contributed by atoms with Gasteiger partial charge >= 0.3 is 6.03 Å². The van der Waals surface area contributed by atoms with Crippen molar-refractivity contribution in [1.29, 1.82) is 0 Å². The van der Waals surface area contributed by atoms with Crippen molar-refractivity contribution in [3.8, 4) is 0 Å². The molecule has 5 nitrogen and oxygen atoms in total. The van der Waals surface area contributed by atoms with Gasteiger partial charge in [0.2, 0.25) is 0 Å². The van der Waals surface area contributed by atoms with Crippen molar-refractivity contribution in [3.63, 3.8) is 0 Å². The molecule has 1 aliphatic rings. The number of hydrogen-bond donors (Lipinski definition) is 0. The van der Waals surface area contributed by atoms with E-state index in [-0.39, 0.29) is 17.3 Å². The molecule has 0 radical (unpaired) electrons. The number of nitrogens with zero attached hydrogens (tertiary/aromatic N) is 2. The molecule has 2 amide bonds. The number of sulfonamides is 1. The minimum absolute atomic E-state index is 0.0596. The second-order valence-corrected chi connectivity index (χ2v) is 8.73. The summed E-state index contributed by atoms with van der Waals surface area (Å²) < 4.78 is 40.9. The average molecular weight is 410 g/mol. The molecule has 0 unspecified atom stereocenters. The van der Waals surface area contributed by atoms with Crippen molar-refractivity contribution in [2.24, 2.45) is 0 Å². The number of benzene rings is 3. The highest BCUT2D eigenvalue weighted by molar-refractivity contribution is 7.94. The van der Waals surface area contributed by atoms with Gasteiger partial charge in [0.25, 0.3) is 10.0 Å². The van der Waals surface area contributed by atoms with Crippen molar-refractivity contribution in [3.05, 3.63) is 89.2 Å². The van der Waals surface area contributed by atoms with Gasteiger partial charge in [0, 0.05) is 0 Å². The summed E-state index contributed by atoms with van der Waals surface area (Å²) in [5.41, 5.74) is 2.72. The van der Waals surface area contributed by atoms with Crippen LogP contribution in [-0.4, -0.2) is 14.4 Å². The van der Waals surface area contributed by atoms with E-state index in [4.69, 9.17) is 0 Å². The molecule has 0 bridgehead atoms. The zero-order valence-corrected chi connectivity index (χ0v) is 16.8. The van der Waals surface area contributed by atoms with E-state index in [0.29, 0.717) is 28.1 Å². The number of fused-ring (bicyclic) bond motifs is 1. The van der Waals surface area contributed by atoms with Crippen LogP contribution < -0.4 is 9.21 Å². The Bertz CT molecular complexity index is 1190. The molecule has 1 aliphatic heterocycles.